The minimum absolute atomic E-state index is 0.643. The molecule has 0 radical (unpaired) electrons. The minimum Gasteiger partial charge on any atom is -0.370 e. The Morgan fingerprint density at radius 2 is 1.89 bits per heavy atom. The predicted octanol–water partition coefficient (Wildman–Crippen LogP) is 3.76. The molecule has 1 heterocycles. The Morgan fingerprint density at radius 1 is 1.16 bits per heavy atom. The van der Waals surface area contributed by atoms with E-state index in [0.29, 0.717) is 5.92 Å². The fourth-order valence-electron chi connectivity index (χ4n) is 2.16. The van der Waals surface area contributed by atoms with Gasteiger partial charge in [0.15, 0.2) is 5.82 Å². The fraction of sp³-hybridized carbons (Fsp3) is 0.375. The summed E-state index contributed by atoms with van der Waals surface area (Å²) in [7, 11) is 0. The topological polar surface area (TPSA) is 37.8 Å². The number of nitrogens with one attached hydrogen (secondary N) is 1. The molecule has 0 aliphatic heterocycles. The normalized spacial score (nSPS) is 14.4. The SMILES string of the molecule is CCNc1cc(C2CC2)nc(-c2ccc(C)cc2)n1. The molecule has 1 aliphatic rings. The van der Waals surface area contributed by atoms with Gasteiger partial charge in [0.2, 0.25) is 0 Å². The molecule has 1 aliphatic carbocycles. The lowest BCUT2D eigenvalue weighted by molar-refractivity contribution is 0.988. The van der Waals surface area contributed by atoms with Crippen molar-refractivity contribution in [1.82, 2.24) is 9.97 Å². The van der Waals surface area contributed by atoms with Crippen LogP contribution in [0.3, 0.4) is 0 Å². The third kappa shape index (κ3) is 2.75. The second-order valence-corrected chi connectivity index (χ2v) is 5.17. The van der Waals surface area contributed by atoms with Crippen LogP contribution in [0.25, 0.3) is 11.4 Å². The molecular formula is C16H19N3. The maximum absolute atomic E-state index is 4.73. The minimum atomic E-state index is 0.643. The summed E-state index contributed by atoms with van der Waals surface area (Å²) in [6.45, 7) is 5.06. The highest BCUT2D eigenvalue weighted by Crippen LogP contribution is 2.40. The van der Waals surface area contributed by atoms with Crippen LogP contribution in [-0.4, -0.2) is 16.5 Å². The molecule has 0 bridgehead atoms. The molecule has 0 amide bonds. The van der Waals surface area contributed by atoms with Gasteiger partial charge in [-0.15, -0.1) is 0 Å². The van der Waals surface area contributed by atoms with Crippen molar-refractivity contribution in [3.05, 3.63) is 41.6 Å². The van der Waals surface area contributed by atoms with E-state index in [2.05, 4.69) is 54.5 Å². The summed E-state index contributed by atoms with van der Waals surface area (Å²) in [6.07, 6.45) is 2.52. The van der Waals surface area contributed by atoms with E-state index in [-0.39, 0.29) is 0 Å². The molecule has 1 aromatic heterocycles. The van der Waals surface area contributed by atoms with E-state index in [0.717, 1.165) is 23.8 Å². The summed E-state index contributed by atoms with van der Waals surface area (Å²) in [5.74, 6) is 2.42. The lowest BCUT2D eigenvalue weighted by Gasteiger charge is -2.08. The second kappa shape index (κ2) is 5.00. The van der Waals surface area contributed by atoms with Gasteiger partial charge in [0.25, 0.3) is 0 Å². The van der Waals surface area contributed by atoms with E-state index in [1.807, 2.05) is 0 Å². The van der Waals surface area contributed by atoms with Crippen molar-refractivity contribution < 1.29 is 0 Å². The van der Waals surface area contributed by atoms with E-state index in [9.17, 15) is 0 Å². The first kappa shape index (κ1) is 12.2. The average Bonchev–Trinajstić information content (AvgIpc) is 3.24. The maximum atomic E-state index is 4.73. The molecule has 3 rings (SSSR count). The highest BCUT2D eigenvalue weighted by atomic mass is 15.0. The van der Waals surface area contributed by atoms with Crippen LogP contribution in [0, 0.1) is 6.92 Å². The van der Waals surface area contributed by atoms with E-state index in [1.165, 1.54) is 24.1 Å². The summed E-state index contributed by atoms with van der Waals surface area (Å²) < 4.78 is 0. The lowest BCUT2D eigenvalue weighted by atomic mass is 10.1. The van der Waals surface area contributed by atoms with Gasteiger partial charge in [0.1, 0.15) is 5.82 Å². The molecule has 1 saturated carbocycles. The Hall–Kier alpha value is -1.90. The number of aromatic nitrogens is 2. The first-order chi connectivity index (χ1) is 9.26. The molecule has 0 spiro atoms. The van der Waals surface area contributed by atoms with Gasteiger partial charge in [-0.3, -0.25) is 0 Å². The second-order valence-electron chi connectivity index (χ2n) is 5.17. The number of anilines is 1. The van der Waals surface area contributed by atoms with Gasteiger partial charge < -0.3 is 5.32 Å². The van der Waals surface area contributed by atoms with Crippen LogP contribution in [0.5, 0.6) is 0 Å². The number of benzene rings is 1. The smallest absolute Gasteiger partial charge is 0.161 e. The van der Waals surface area contributed by atoms with Crippen LogP contribution < -0.4 is 5.32 Å². The van der Waals surface area contributed by atoms with Crippen molar-refractivity contribution in [3.63, 3.8) is 0 Å². The van der Waals surface area contributed by atoms with Crippen molar-refractivity contribution >= 4 is 5.82 Å². The van der Waals surface area contributed by atoms with Crippen LogP contribution >= 0.6 is 0 Å². The third-order valence-electron chi connectivity index (χ3n) is 3.41. The number of aryl methyl sites for hydroxylation is 1. The van der Waals surface area contributed by atoms with Crippen molar-refractivity contribution in [2.24, 2.45) is 0 Å². The van der Waals surface area contributed by atoms with Gasteiger partial charge in [-0.05, 0) is 26.7 Å². The molecule has 0 unspecified atom stereocenters. The highest BCUT2D eigenvalue weighted by molar-refractivity contribution is 5.58. The van der Waals surface area contributed by atoms with Gasteiger partial charge in [-0.25, -0.2) is 9.97 Å². The first-order valence-corrected chi connectivity index (χ1v) is 6.96. The standard InChI is InChI=1S/C16H19N3/c1-3-17-15-10-14(12-8-9-12)18-16(19-15)13-6-4-11(2)5-7-13/h4-7,10,12H,3,8-9H2,1-2H3,(H,17,18,19). The molecule has 1 fully saturated rings. The van der Waals surface area contributed by atoms with Gasteiger partial charge in [0.05, 0.1) is 0 Å². The third-order valence-corrected chi connectivity index (χ3v) is 3.41. The summed E-state index contributed by atoms with van der Waals surface area (Å²) in [6, 6.07) is 10.5. The van der Waals surface area contributed by atoms with Crippen LogP contribution in [0.1, 0.15) is 36.9 Å². The number of hydrogen-bond acceptors (Lipinski definition) is 3. The predicted molar refractivity (Wildman–Crippen MR) is 78.3 cm³/mol. The van der Waals surface area contributed by atoms with Crippen molar-refractivity contribution in [1.29, 1.82) is 0 Å². The first-order valence-electron chi connectivity index (χ1n) is 6.96. The average molecular weight is 253 g/mol. The lowest BCUT2D eigenvalue weighted by Crippen LogP contribution is -2.03. The Bertz CT molecular complexity index is 571. The quantitative estimate of drug-likeness (QED) is 0.901. The van der Waals surface area contributed by atoms with Gasteiger partial charge >= 0.3 is 0 Å². The van der Waals surface area contributed by atoms with E-state index in [4.69, 9.17) is 4.98 Å². The Labute approximate surface area is 114 Å². The molecule has 0 atom stereocenters. The molecule has 1 N–H and O–H groups in total. The molecule has 3 heteroatoms. The summed E-state index contributed by atoms with van der Waals surface area (Å²) in [5, 5.41) is 3.30. The number of hydrogen-bond donors (Lipinski definition) is 1. The van der Waals surface area contributed by atoms with Crippen LogP contribution in [0.2, 0.25) is 0 Å². The fourth-order valence-corrected chi connectivity index (χ4v) is 2.16. The number of rotatable bonds is 4. The summed E-state index contributed by atoms with van der Waals surface area (Å²) in [5.41, 5.74) is 3.53. The molecule has 1 aromatic carbocycles. The van der Waals surface area contributed by atoms with Gasteiger partial charge in [-0.1, -0.05) is 29.8 Å². The molecule has 0 saturated heterocycles. The van der Waals surface area contributed by atoms with E-state index in [1.54, 1.807) is 0 Å². The zero-order valence-corrected chi connectivity index (χ0v) is 11.5. The zero-order chi connectivity index (χ0) is 13.2. The Balaban J connectivity index is 2.01. The highest BCUT2D eigenvalue weighted by Gasteiger charge is 2.26. The van der Waals surface area contributed by atoms with E-state index < -0.39 is 0 Å². The Morgan fingerprint density at radius 3 is 2.53 bits per heavy atom. The van der Waals surface area contributed by atoms with Crippen LogP contribution in [0.4, 0.5) is 5.82 Å². The number of nitrogens with zero attached hydrogens (tertiary/aromatic N) is 2. The molecule has 98 valence electrons. The maximum Gasteiger partial charge on any atom is 0.161 e. The largest absolute Gasteiger partial charge is 0.370 e. The van der Waals surface area contributed by atoms with Gasteiger partial charge in [0, 0.05) is 29.8 Å². The Kier molecular flexibility index (Phi) is 3.20. The molecule has 19 heavy (non-hydrogen) atoms. The monoisotopic (exact) mass is 253 g/mol. The van der Waals surface area contributed by atoms with Crippen molar-refractivity contribution in [3.8, 4) is 11.4 Å². The summed E-state index contributed by atoms with van der Waals surface area (Å²) in [4.78, 5) is 9.34. The van der Waals surface area contributed by atoms with Crippen LogP contribution in [-0.2, 0) is 0 Å². The van der Waals surface area contributed by atoms with Crippen molar-refractivity contribution in [2.45, 2.75) is 32.6 Å². The molecule has 2 aromatic rings. The van der Waals surface area contributed by atoms with E-state index >= 15 is 0 Å². The van der Waals surface area contributed by atoms with Crippen LogP contribution in [0.15, 0.2) is 30.3 Å². The summed E-state index contributed by atoms with van der Waals surface area (Å²) >= 11 is 0. The molecular weight excluding hydrogens is 234 g/mol. The zero-order valence-electron chi connectivity index (χ0n) is 11.5. The van der Waals surface area contributed by atoms with Crippen molar-refractivity contribution in [2.75, 3.05) is 11.9 Å². The molecule has 3 nitrogen and oxygen atoms in total. The van der Waals surface area contributed by atoms with Gasteiger partial charge in [-0.2, -0.15) is 0 Å².